The van der Waals surface area contributed by atoms with Crippen molar-refractivity contribution in [3.63, 3.8) is 0 Å². The third-order valence-corrected chi connectivity index (χ3v) is 5.88. The van der Waals surface area contributed by atoms with Crippen molar-refractivity contribution in [3.05, 3.63) is 17.6 Å². The Labute approximate surface area is 120 Å². The summed E-state index contributed by atoms with van der Waals surface area (Å²) in [5.41, 5.74) is 0. The van der Waals surface area contributed by atoms with Crippen molar-refractivity contribution in [1.82, 2.24) is 9.21 Å². The lowest BCUT2D eigenvalue weighted by Crippen LogP contribution is -2.52. The van der Waals surface area contributed by atoms with Crippen LogP contribution in [0.15, 0.2) is 15.4 Å². The van der Waals surface area contributed by atoms with Crippen LogP contribution >= 0.6 is 0 Å². The standard InChI is InChI=1S/C13H22N2O4S/c1-4-11-8-15(6-5-14(11)3)20(17,18)13-7-12(9-16)19-10(13)2/h7,11,16H,4-6,8-9H2,1-3H3. The van der Waals surface area contributed by atoms with Crippen molar-refractivity contribution in [1.29, 1.82) is 0 Å². The van der Waals surface area contributed by atoms with Crippen molar-refractivity contribution < 1.29 is 17.9 Å². The number of piperazine rings is 1. The van der Waals surface area contributed by atoms with Gasteiger partial charge in [0.15, 0.2) is 0 Å². The molecule has 1 atom stereocenters. The van der Waals surface area contributed by atoms with E-state index in [1.807, 2.05) is 7.05 Å². The monoisotopic (exact) mass is 302 g/mol. The Bertz CT molecular complexity index is 567. The molecule has 0 aromatic carbocycles. The van der Waals surface area contributed by atoms with Crippen LogP contribution in [0.3, 0.4) is 0 Å². The maximum atomic E-state index is 12.7. The molecule has 7 heteroatoms. The second-order valence-electron chi connectivity index (χ2n) is 5.20. The number of aryl methyl sites for hydroxylation is 1. The van der Waals surface area contributed by atoms with E-state index in [1.54, 1.807) is 6.92 Å². The largest absolute Gasteiger partial charge is 0.462 e. The molecule has 0 bridgehead atoms. The number of hydrogen-bond donors (Lipinski definition) is 1. The molecule has 0 spiro atoms. The Balaban J connectivity index is 2.28. The van der Waals surface area contributed by atoms with Gasteiger partial charge in [0.25, 0.3) is 0 Å². The van der Waals surface area contributed by atoms with Crippen LogP contribution in [-0.2, 0) is 16.6 Å². The Morgan fingerprint density at radius 3 is 2.70 bits per heavy atom. The predicted octanol–water partition coefficient (Wildman–Crippen LogP) is 0.795. The summed E-state index contributed by atoms with van der Waals surface area (Å²) in [5.74, 6) is 0.614. The second-order valence-corrected chi connectivity index (χ2v) is 7.10. The molecule has 1 aliphatic heterocycles. The Morgan fingerprint density at radius 1 is 1.45 bits per heavy atom. The lowest BCUT2D eigenvalue weighted by Gasteiger charge is -2.38. The Kier molecular flexibility index (Phi) is 4.53. The highest BCUT2D eigenvalue weighted by Crippen LogP contribution is 2.25. The SMILES string of the molecule is CCC1CN(S(=O)(=O)c2cc(CO)oc2C)CCN1C. The highest BCUT2D eigenvalue weighted by Gasteiger charge is 2.34. The minimum absolute atomic E-state index is 0.168. The quantitative estimate of drug-likeness (QED) is 0.890. The molecule has 0 saturated carbocycles. The topological polar surface area (TPSA) is 74.0 Å². The Hall–Kier alpha value is -0.890. The van der Waals surface area contributed by atoms with Crippen LogP contribution in [-0.4, -0.2) is 55.5 Å². The molecule has 2 rings (SSSR count). The van der Waals surface area contributed by atoms with E-state index < -0.39 is 10.0 Å². The van der Waals surface area contributed by atoms with E-state index >= 15 is 0 Å². The predicted molar refractivity (Wildman–Crippen MR) is 74.8 cm³/mol. The summed E-state index contributed by atoms with van der Waals surface area (Å²) in [6.07, 6.45) is 0.911. The molecule has 1 aromatic rings. The Morgan fingerprint density at radius 2 is 2.15 bits per heavy atom. The zero-order chi connectivity index (χ0) is 14.9. The first kappa shape index (κ1) is 15.5. The first-order valence-corrected chi connectivity index (χ1v) is 8.24. The summed E-state index contributed by atoms with van der Waals surface area (Å²) in [6, 6.07) is 1.66. The van der Waals surface area contributed by atoms with Gasteiger partial charge in [0.1, 0.15) is 23.0 Å². The number of aliphatic hydroxyl groups excluding tert-OH is 1. The molecular formula is C13H22N2O4S. The first-order chi connectivity index (χ1) is 9.40. The summed E-state index contributed by atoms with van der Waals surface area (Å²) < 4.78 is 32.1. The lowest BCUT2D eigenvalue weighted by molar-refractivity contribution is 0.144. The van der Waals surface area contributed by atoms with Gasteiger partial charge < -0.3 is 14.4 Å². The number of furan rings is 1. The molecule has 6 nitrogen and oxygen atoms in total. The molecule has 1 unspecified atom stereocenters. The fourth-order valence-corrected chi connectivity index (χ4v) is 4.23. The zero-order valence-corrected chi connectivity index (χ0v) is 13.0. The maximum Gasteiger partial charge on any atom is 0.246 e. The fraction of sp³-hybridized carbons (Fsp3) is 0.692. The van der Waals surface area contributed by atoms with E-state index in [1.165, 1.54) is 10.4 Å². The lowest BCUT2D eigenvalue weighted by atomic mass is 10.1. The van der Waals surface area contributed by atoms with Gasteiger partial charge in [-0.15, -0.1) is 0 Å². The van der Waals surface area contributed by atoms with E-state index in [4.69, 9.17) is 9.52 Å². The number of rotatable bonds is 4. The molecule has 1 aliphatic rings. The first-order valence-electron chi connectivity index (χ1n) is 6.80. The average Bonchev–Trinajstić information content (AvgIpc) is 2.81. The third kappa shape index (κ3) is 2.76. The second kappa shape index (κ2) is 5.85. The molecule has 1 saturated heterocycles. The normalized spacial score (nSPS) is 22.3. The number of hydrogen-bond acceptors (Lipinski definition) is 5. The van der Waals surface area contributed by atoms with Crippen LogP contribution < -0.4 is 0 Å². The van der Waals surface area contributed by atoms with Crippen LogP contribution in [0.4, 0.5) is 0 Å². The van der Waals surface area contributed by atoms with Gasteiger partial charge in [0.05, 0.1) is 0 Å². The molecule has 1 N–H and O–H groups in total. The fourth-order valence-electron chi connectivity index (χ4n) is 2.57. The van der Waals surface area contributed by atoms with Crippen LogP contribution in [0.1, 0.15) is 24.9 Å². The molecule has 0 amide bonds. The van der Waals surface area contributed by atoms with E-state index in [-0.39, 0.29) is 23.3 Å². The van der Waals surface area contributed by atoms with E-state index in [0.717, 1.165) is 13.0 Å². The van der Waals surface area contributed by atoms with Crippen molar-refractivity contribution in [2.45, 2.75) is 37.8 Å². The molecule has 20 heavy (non-hydrogen) atoms. The van der Waals surface area contributed by atoms with Gasteiger partial charge in [-0.05, 0) is 20.4 Å². The van der Waals surface area contributed by atoms with Gasteiger partial charge in [-0.3, -0.25) is 0 Å². The summed E-state index contributed by atoms with van der Waals surface area (Å²) >= 11 is 0. The number of likely N-dealkylation sites (N-methyl/N-ethyl adjacent to an activating group) is 1. The minimum atomic E-state index is -3.55. The average molecular weight is 302 g/mol. The van der Waals surface area contributed by atoms with E-state index in [2.05, 4.69) is 11.8 Å². The smallest absolute Gasteiger partial charge is 0.246 e. The van der Waals surface area contributed by atoms with Crippen LogP contribution in [0.5, 0.6) is 0 Å². The van der Waals surface area contributed by atoms with Crippen molar-refractivity contribution in [3.8, 4) is 0 Å². The number of sulfonamides is 1. The summed E-state index contributed by atoms with van der Waals surface area (Å²) in [6.45, 7) is 5.07. The number of nitrogens with zero attached hydrogens (tertiary/aromatic N) is 2. The van der Waals surface area contributed by atoms with Crippen LogP contribution in [0.25, 0.3) is 0 Å². The maximum absolute atomic E-state index is 12.7. The minimum Gasteiger partial charge on any atom is -0.462 e. The molecule has 0 radical (unpaired) electrons. The van der Waals surface area contributed by atoms with Gasteiger partial charge >= 0.3 is 0 Å². The number of aliphatic hydroxyl groups is 1. The summed E-state index contributed by atoms with van der Waals surface area (Å²) in [4.78, 5) is 2.36. The molecule has 0 aliphatic carbocycles. The third-order valence-electron chi connectivity index (χ3n) is 3.91. The van der Waals surface area contributed by atoms with Gasteiger partial charge in [-0.2, -0.15) is 4.31 Å². The van der Waals surface area contributed by atoms with Gasteiger partial charge in [0.2, 0.25) is 10.0 Å². The highest BCUT2D eigenvalue weighted by molar-refractivity contribution is 7.89. The molecule has 114 valence electrons. The summed E-state index contributed by atoms with van der Waals surface area (Å²) in [7, 11) is -1.53. The molecule has 1 fully saturated rings. The van der Waals surface area contributed by atoms with Gasteiger partial charge in [0, 0.05) is 31.7 Å². The van der Waals surface area contributed by atoms with Crippen LogP contribution in [0, 0.1) is 6.92 Å². The van der Waals surface area contributed by atoms with Gasteiger partial charge in [-0.25, -0.2) is 8.42 Å². The van der Waals surface area contributed by atoms with E-state index in [9.17, 15) is 8.42 Å². The van der Waals surface area contributed by atoms with Crippen molar-refractivity contribution >= 4 is 10.0 Å². The van der Waals surface area contributed by atoms with Crippen LogP contribution in [0.2, 0.25) is 0 Å². The van der Waals surface area contributed by atoms with Crippen molar-refractivity contribution in [2.24, 2.45) is 0 Å². The summed E-state index contributed by atoms with van der Waals surface area (Å²) in [5, 5.41) is 9.06. The van der Waals surface area contributed by atoms with E-state index in [0.29, 0.717) is 18.8 Å². The van der Waals surface area contributed by atoms with Gasteiger partial charge in [-0.1, -0.05) is 6.92 Å². The van der Waals surface area contributed by atoms with Crippen molar-refractivity contribution in [2.75, 3.05) is 26.7 Å². The highest BCUT2D eigenvalue weighted by atomic mass is 32.2. The molecule has 2 heterocycles. The zero-order valence-electron chi connectivity index (χ0n) is 12.2. The molecule has 1 aromatic heterocycles. The molecular weight excluding hydrogens is 280 g/mol.